The molecule has 0 N–H and O–H groups in total. The van der Waals surface area contributed by atoms with Gasteiger partial charge in [-0.3, -0.25) is 4.79 Å². The molecule has 0 heterocycles. The van der Waals surface area contributed by atoms with Crippen LogP contribution in [0.3, 0.4) is 0 Å². The van der Waals surface area contributed by atoms with E-state index in [2.05, 4.69) is 6.58 Å². The Kier molecular flexibility index (Phi) is 6.21. The highest BCUT2D eigenvalue weighted by Crippen LogP contribution is 2.28. The minimum absolute atomic E-state index is 0.169. The number of ether oxygens (including phenoxy) is 2. The third-order valence-corrected chi connectivity index (χ3v) is 2.22. The number of hydrogen-bond acceptors (Lipinski definition) is 3. The summed E-state index contributed by atoms with van der Waals surface area (Å²) < 4.78 is 9.98. The summed E-state index contributed by atoms with van der Waals surface area (Å²) >= 11 is 0. The molecule has 0 saturated heterocycles. The molecule has 0 amide bonds. The van der Waals surface area contributed by atoms with Gasteiger partial charge in [0.05, 0.1) is 12.0 Å². The summed E-state index contributed by atoms with van der Waals surface area (Å²) in [5.74, 6) is -0.169. The van der Waals surface area contributed by atoms with E-state index in [1.54, 1.807) is 13.2 Å². The van der Waals surface area contributed by atoms with Crippen molar-refractivity contribution in [1.29, 1.82) is 0 Å². The molecule has 14 heavy (non-hydrogen) atoms. The van der Waals surface area contributed by atoms with Crippen molar-refractivity contribution in [3.63, 3.8) is 0 Å². The van der Waals surface area contributed by atoms with E-state index in [0.717, 1.165) is 0 Å². The molecule has 0 rings (SSSR count). The zero-order valence-corrected chi connectivity index (χ0v) is 9.34. The van der Waals surface area contributed by atoms with Gasteiger partial charge in [-0.25, -0.2) is 0 Å². The van der Waals surface area contributed by atoms with Crippen molar-refractivity contribution < 1.29 is 14.3 Å². The number of rotatable bonds is 7. The minimum atomic E-state index is -0.492. The van der Waals surface area contributed by atoms with Crippen LogP contribution in [-0.2, 0) is 14.3 Å². The molecule has 0 bridgehead atoms. The quantitative estimate of drug-likeness (QED) is 0.466. The maximum Gasteiger partial charge on any atom is 0.312 e. The first-order chi connectivity index (χ1) is 6.60. The molecule has 1 atom stereocenters. The molecule has 0 aliphatic carbocycles. The Balaban J connectivity index is 4.35. The molecule has 0 aliphatic rings. The van der Waals surface area contributed by atoms with Crippen molar-refractivity contribution in [3.05, 3.63) is 12.7 Å². The molecule has 0 saturated carbocycles. The van der Waals surface area contributed by atoms with Gasteiger partial charge in [-0.2, -0.15) is 0 Å². The van der Waals surface area contributed by atoms with Gasteiger partial charge in [0, 0.05) is 13.7 Å². The van der Waals surface area contributed by atoms with Crippen LogP contribution in [0.4, 0.5) is 0 Å². The Labute approximate surface area is 86.1 Å². The Morgan fingerprint density at radius 2 is 2.21 bits per heavy atom. The van der Waals surface area contributed by atoms with Crippen molar-refractivity contribution in [2.75, 3.05) is 20.3 Å². The zero-order valence-electron chi connectivity index (χ0n) is 9.34. The topological polar surface area (TPSA) is 35.5 Å². The average molecular weight is 200 g/mol. The molecule has 0 fully saturated rings. The van der Waals surface area contributed by atoms with Crippen molar-refractivity contribution in [1.82, 2.24) is 0 Å². The van der Waals surface area contributed by atoms with Crippen LogP contribution >= 0.6 is 0 Å². The smallest absolute Gasteiger partial charge is 0.312 e. The number of carbonyl (C=O) groups is 1. The molecule has 0 aromatic rings. The lowest BCUT2D eigenvalue weighted by Gasteiger charge is -2.25. The summed E-state index contributed by atoms with van der Waals surface area (Å²) in [6.45, 7) is 8.31. The van der Waals surface area contributed by atoms with E-state index >= 15 is 0 Å². The van der Waals surface area contributed by atoms with Gasteiger partial charge < -0.3 is 9.47 Å². The highest BCUT2D eigenvalue weighted by Gasteiger charge is 2.32. The fourth-order valence-electron chi connectivity index (χ4n) is 1.24. The van der Waals surface area contributed by atoms with E-state index in [1.165, 1.54) is 0 Å². The summed E-state index contributed by atoms with van der Waals surface area (Å²) in [5.41, 5.74) is -0.492. The second-order valence-corrected chi connectivity index (χ2v) is 3.52. The Morgan fingerprint density at radius 1 is 1.57 bits per heavy atom. The Morgan fingerprint density at radius 3 is 2.64 bits per heavy atom. The van der Waals surface area contributed by atoms with Crippen LogP contribution in [-0.4, -0.2) is 26.3 Å². The maximum atomic E-state index is 11.6. The van der Waals surface area contributed by atoms with E-state index in [4.69, 9.17) is 9.47 Å². The first kappa shape index (κ1) is 13.2. The van der Waals surface area contributed by atoms with Gasteiger partial charge in [0.1, 0.15) is 0 Å². The van der Waals surface area contributed by atoms with Crippen LogP contribution in [0, 0.1) is 5.41 Å². The van der Waals surface area contributed by atoms with Crippen molar-refractivity contribution in [2.45, 2.75) is 26.7 Å². The molecular weight excluding hydrogens is 180 g/mol. The first-order valence-corrected chi connectivity index (χ1v) is 4.87. The molecule has 0 spiro atoms. The second-order valence-electron chi connectivity index (χ2n) is 3.52. The SMILES string of the molecule is C=CCC(C)(CCOC)C(=O)OCC. The fourth-order valence-corrected chi connectivity index (χ4v) is 1.24. The summed E-state index contributed by atoms with van der Waals surface area (Å²) in [6.07, 6.45) is 3.02. The van der Waals surface area contributed by atoms with Crippen molar-refractivity contribution in [3.8, 4) is 0 Å². The van der Waals surface area contributed by atoms with Gasteiger partial charge in [0.2, 0.25) is 0 Å². The number of methoxy groups -OCH3 is 1. The summed E-state index contributed by atoms with van der Waals surface area (Å²) in [5, 5.41) is 0. The highest BCUT2D eigenvalue weighted by atomic mass is 16.5. The monoisotopic (exact) mass is 200 g/mol. The summed E-state index contributed by atoms with van der Waals surface area (Å²) in [7, 11) is 1.62. The first-order valence-electron chi connectivity index (χ1n) is 4.87. The van der Waals surface area contributed by atoms with E-state index in [1.807, 2.05) is 13.8 Å². The summed E-state index contributed by atoms with van der Waals surface area (Å²) in [6, 6.07) is 0. The van der Waals surface area contributed by atoms with E-state index in [-0.39, 0.29) is 5.97 Å². The zero-order chi connectivity index (χ0) is 11.0. The molecular formula is C11H20O3. The van der Waals surface area contributed by atoms with Crippen LogP contribution in [0.1, 0.15) is 26.7 Å². The number of allylic oxidation sites excluding steroid dienone is 1. The van der Waals surface area contributed by atoms with Crippen LogP contribution < -0.4 is 0 Å². The third-order valence-electron chi connectivity index (χ3n) is 2.22. The molecule has 1 unspecified atom stereocenters. The van der Waals surface area contributed by atoms with Gasteiger partial charge in [0.15, 0.2) is 0 Å². The van der Waals surface area contributed by atoms with E-state index in [9.17, 15) is 4.79 Å². The number of esters is 1. The predicted octanol–water partition coefficient (Wildman–Crippen LogP) is 2.17. The van der Waals surface area contributed by atoms with Gasteiger partial charge in [-0.15, -0.1) is 6.58 Å². The Hall–Kier alpha value is -0.830. The Bertz CT molecular complexity index is 189. The van der Waals surface area contributed by atoms with Gasteiger partial charge in [-0.05, 0) is 26.7 Å². The molecule has 82 valence electrons. The number of carbonyl (C=O) groups excluding carboxylic acids is 1. The summed E-state index contributed by atoms with van der Waals surface area (Å²) in [4.78, 5) is 11.6. The average Bonchev–Trinajstić information content (AvgIpc) is 2.15. The van der Waals surface area contributed by atoms with Gasteiger partial charge in [0.25, 0.3) is 0 Å². The minimum Gasteiger partial charge on any atom is -0.466 e. The molecule has 3 heteroatoms. The molecule has 0 aromatic heterocycles. The van der Waals surface area contributed by atoms with Gasteiger partial charge in [-0.1, -0.05) is 6.08 Å². The predicted molar refractivity (Wildman–Crippen MR) is 56.0 cm³/mol. The molecule has 0 aliphatic heterocycles. The second kappa shape index (κ2) is 6.60. The van der Waals surface area contributed by atoms with Crippen LogP contribution in [0.2, 0.25) is 0 Å². The molecule has 0 radical (unpaired) electrons. The van der Waals surface area contributed by atoms with E-state index < -0.39 is 5.41 Å². The standard InChI is InChI=1S/C11H20O3/c1-5-7-11(3,8-9-13-4)10(12)14-6-2/h5H,1,6-9H2,2-4H3. The number of hydrogen-bond donors (Lipinski definition) is 0. The van der Waals surface area contributed by atoms with Gasteiger partial charge >= 0.3 is 5.97 Å². The van der Waals surface area contributed by atoms with Crippen LogP contribution in [0.5, 0.6) is 0 Å². The maximum absolute atomic E-state index is 11.6. The normalized spacial score (nSPS) is 14.5. The lowest BCUT2D eigenvalue weighted by molar-refractivity contribution is -0.155. The van der Waals surface area contributed by atoms with Crippen LogP contribution in [0.15, 0.2) is 12.7 Å². The third kappa shape index (κ3) is 3.92. The van der Waals surface area contributed by atoms with E-state index in [0.29, 0.717) is 26.1 Å². The molecule has 3 nitrogen and oxygen atoms in total. The van der Waals surface area contributed by atoms with Crippen molar-refractivity contribution >= 4 is 5.97 Å². The molecule has 0 aromatic carbocycles. The fraction of sp³-hybridized carbons (Fsp3) is 0.727. The lowest BCUT2D eigenvalue weighted by Crippen LogP contribution is -2.30. The lowest BCUT2D eigenvalue weighted by atomic mass is 9.83. The largest absolute Gasteiger partial charge is 0.466 e. The van der Waals surface area contributed by atoms with Crippen molar-refractivity contribution in [2.24, 2.45) is 5.41 Å². The highest BCUT2D eigenvalue weighted by molar-refractivity contribution is 5.76. The van der Waals surface area contributed by atoms with Crippen LogP contribution in [0.25, 0.3) is 0 Å².